The highest BCUT2D eigenvalue weighted by Gasteiger charge is 2.20. The predicted octanol–water partition coefficient (Wildman–Crippen LogP) is 5.47. The fourth-order valence-corrected chi connectivity index (χ4v) is 5.42. The molecule has 30 heavy (non-hydrogen) atoms. The van der Waals surface area contributed by atoms with Crippen molar-refractivity contribution in [2.75, 3.05) is 11.1 Å². The Hall–Kier alpha value is -2.32. The number of nitrogens with zero attached hydrogens (tertiary/aromatic N) is 4. The third-order valence-electron chi connectivity index (χ3n) is 5.10. The average molecular weight is 440 g/mol. The Kier molecular flexibility index (Phi) is 7.07. The normalized spacial score (nSPS) is 14.6. The lowest BCUT2D eigenvalue weighted by Gasteiger charge is -2.18. The molecule has 1 N–H and O–H groups in total. The zero-order valence-corrected chi connectivity index (χ0v) is 18.6. The topological polar surface area (TPSA) is 80.7 Å². The number of benzene rings is 1. The van der Waals surface area contributed by atoms with Crippen molar-refractivity contribution in [3.05, 3.63) is 47.2 Å². The van der Waals surface area contributed by atoms with Crippen LogP contribution >= 0.6 is 23.1 Å². The Labute approximate surface area is 185 Å². The fourth-order valence-electron chi connectivity index (χ4n) is 3.60. The zero-order chi connectivity index (χ0) is 20.8. The summed E-state index contributed by atoms with van der Waals surface area (Å²) in [6.45, 7) is 1.89. The van der Waals surface area contributed by atoms with Gasteiger partial charge in [0.05, 0.1) is 5.69 Å². The van der Waals surface area contributed by atoms with E-state index in [9.17, 15) is 4.79 Å². The molecule has 6 nitrogen and oxygen atoms in total. The van der Waals surface area contributed by atoms with E-state index in [0.29, 0.717) is 23.2 Å². The van der Waals surface area contributed by atoms with Crippen molar-refractivity contribution < 1.29 is 4.79 Å². The summed E-state index contributed by atoms with van der Waals surface area (Å²) in [5.74, 6) is 1.85. The number of carbonyl (C=O) groups is 1. The molecular weight excluding hydrogens is 414 g/mol. The molecule has 4 rings (SSSR count). The van der Waals surface area contributed by atoms with Crippen LogP contribution in [0.5, 0.6) is 0 Å². The van der Waals surface area contributed by atoms with Crippen LogP contribution in [0.2, 0.25) is 0 Å². The van der Waals surface area contributed by atoms with Gasteiger partial charge in [-0.1, -0.05) is 60.9 Å². The first-order valence-electron chi connectivity index (χ1n) is 10.3. The SMILES string of the molecule is Cc1nc(SCCC(=O)Nc2nnc(C3CCCCC3)s2)cc(-c2ccccc2)n1. The van der Waals surface area contributed by atoms with Crippen molar-refractivity contribution in [3.63, 3.8) is 0 Å². The van der Waals surface area contributed by atoms with Crippen molar-refractivity contribution >= 4 is 34.1 Å². The van der Waals surface area contributed by atoms with Crippen molar-refractivity contribution in [1.29, 1.82) is 0 Å². The number of aryl methyl sites for hydroxylation is 1. The van der Waals surface area contributed by atoms with Gasteiger partial charge >= 0.3 is 0 Å². The van der Waals surface area contributed by atoms with E-state index in [2.05, 4.69) is 25.5 Å². The second-order valence-electron chi connectivity index (χ2n) is 7.43. The van der Waals surface area contributed by atoms with Crippen LogP contribution in [0.1, 0.15) is 55.3 Å². The quantitative estimate of drug-likeness (QED) is 0.388. The Balaban J connectivity index is 1.29. The minimum atomic E-state index is -0.0390. The van der Waals surface area contributed by atoms with Gasteiger partial charge < -0.3 is 5.32 Å². The second-order valence-corrected chi connectivity index (χ2v) is 9.56. The molecule has 1 aliphatic rings. The van der Waals surface area contributed by atoms with Crippen LogP contribution in [-0.4, -0.2) is 31.8 Å². The molecule has 0 radical (unpaired) electrons. The molecule has 0 unspecified atom stereocenters. The lowest BCUT2D eigenvalue weighted by Crippen LogP contribution is -2.12. The number of nitrogens with one attached hydrogen (secondary N) is 1. The monoisotopic (exact) mass is 439 g/mol. The maximum atomic E-state index is 12.3. The standard InChI is InChI=1S/C22H25N5OS2/c1-15-23-18(16-8-4-2-5-9-16)14-20(24-15)29-13-12-19(28)25-22-27-26-21(30-22)17-10-6-3-7-11-17/h2,4-5,8-9,14,17H,3,6-7,10-13H2,1H3,(H,25,27,28). The molecule has 8 heteroatoms. The molecule has 2 heterocycles. The average Bonchev–Trinajstić information content (AvgIpc) is 3.23. The van der Waals surface area contributed by atoms with E-state index >= 15 is 0 Å². The molecule has 1 aliphatic carbocycles. The van der Waals surface area contributed by atoms with Gasteiger partial charge in [0, 0.05) is 23.7 Å². The molecule has 0 atom stereocenters. The predicted molar refractivity (Wildman–Crippen MR) is 122 cm³/mol. The molecule has 1 amide bonds. The van der Waals surface area contributed by atoms with Gasteiger partial charge in [0.2, 0.25) is 11.0 Å². The highest BCUT2D eigenvalue weighted by atomic mass is 32.2. The van der Waals surface area contributed by atoms with E-state index in [1.807, 2.05) is 43.3 Å². The number of anilines is 1. The summed E-state index contributed by atoms with van der Waals surface area (Å²) in [4.78, 5) is 21.3. The van der Waals surface area contributed by atoms with E-state index in [-0.39, 0.29) is 5.91 Å². The summed E-state index contributed by atoms with van der Waals surface area (Å²) < 4.78 is 0. The zero-order valence-electron chi connectivity index (χ0n) is 17.0. The molecule has 156 valence electrons. The maximum Gasteiger partial charge on any atom is 0.227 e. The minimum absolute atomic E-state index is 0.0390. The van der Waals surface area contributed by atoms with Crippen molar-refractivity contribution in [2.45, 2.75) is 56.4 Å². The van der Waals surface area contributed by atoms with Gasteiger partial charge in [-0.25, -0.2) is 9.97 Å². The Morgan fingerprint density at radius 1 is 1.13 bits per heavy atom. The molecule has 2 aromatic heterocycles. The van der Waals surface area contributed by atoms with Crippen molar-refractivity contribution in [2.24, 2.45) is 0 Å². The van der Waals surface area contributed by atoms with Gasteiger partial charge in [0.25, 0.3) is 0 Å². The Bertz CT molecular complexity index is 986. The summed E-state index contributed by atoms with van der Waals surface area (Å²) in [6, 6.07) is 12.0. The highest BCUT2D eigenvalue weighted by Crippen LogP contribution is 2.35. The summed E-state index contributed by atoms with van der Waals surface area (Å²) in [6.07, 6.45) is 6.60. The van der Waals surface area contributed by atoms with Gasteiger partial charge in [-0.15, -0.1) is 22.0 Å². The van der Waals surface area contributed by atoms with Gasteiger partial charge in [-0.3, -0.25) is 4.79 Å². The second kappa shape index (κ2) is 10.1. The first-order valence-corrected chi connectivity index (χ1v) is 12.1. The van der Waals surface area contributed by atoms with E-state index in [1.54, 1.807) is 11.8 Å². The van der Waals surface area contributed by atoms with Crippen molar-refractivity contribution in [1.82, 2.24) is 20.2 Å². The highest BCUT2D eigenvalue weighted by molar-refractivity contribution is 7.99. The molecule has 0 bridgehead atoms. The largest absolute Gasteiger partial charge is 0.301 e. The number of aromatic nitrogens is 4. The van der Waals surface area contributed by atoms with E-state index in [4.69, 9.17) is 0 Å². The van der Waals surface area contributed by atoms with E-state index in [0.717, 1.165) is 27.1 Å². The number of hydrogen-bond donors (Lipinski definition) is 1. The summed E-state index contributed by atoms with van der Waals surface area (Å²) in [5.41, 5.74) is 1.96. The molecule has 0 aliphatic heterocycles. The third kappa shape index (κ3) is 5.64. The van der Waals surface area contributed by atoms with E-state index < -0.39 is 0 Å². The fraction of sp³-hybridized carbons (Fsp3) is 0.409. The number of carbonyl (C=O) groups excluding carboxylic acids is 1. The summed E-state index contributed by atoms with van der Waals surface area (Å²) >= 11 is 3.08. The Morgan fingerprint density at radius 3 is 2.73 bits per heavy atom. The number of rotatable bonds is 7. The molecule has 3 aromatic rings. The van der Waals surface area contributed by atoms with E-state index in [1.165, 1.54) is 43.4 Å². The molecule has 0 saturated heterocycles. The van der Waals surface area contributed by atoms with Gasteiger partial charge in [0.1, 0.15) is 15.9 Å². The molecule has 0 spiro atoms. The summed E-state index contributed by atoms with van der Waals surface area (Å²) in [7, 11) is 0. The van der Waals surface area contributed by atoms with Gasteiger partial charge in [-0.2, -0.15) is 0 Å². The number of thioether (sulfide) groups is 1. The third-order valence-corrected chi connectivity index (χ3v) is 7.02. The van der Waals surface area contributed by atoms with Crippen LogP contribution in [0.4, 0.5) is 5.13 Å². The maximum absolute atomic E-state index is 12.3. The van der Waals surface area contributed by atoms with Crippen LogP contribution in [-0.2, 0) is 4.79 Å². The van der Waals surface area contributed by atoms with Crippen LogP contribution in [0, 0.1) is 6.92 Å². The summed E-state index contributed by atoms with van der Waals surface area (Å²) in [5, 5.41) is 13.9. The number of hydrogen-bond acceptors (Lipinski definition) is 7. The molecule has 1 saturated carbocycles. The molecule has 1 aromatic carbocycles. The molecular formula is C22H25N5OS2. The van der Waals surface area contributed by atoms with Gasteiger partial charge in [0.15, 0.2) is 0 Å². The van der Waals surface area contributed by atoms with Crippen molar-refractivity contribution in [3.8, 4) is 11.3 Å². The van der Waals surface area contributed by atoms with Crippen LogP contribution in [0.15, 0.2) is 41.4 Å². The Morgan fingerprint density at radius 2 is 1.93 bits per heavy atom. The molecule has 1 fully saturated rings. The van der Waals surface area contributed by atoms with Crippen LogP contribution in [0.3, 0.4) is 0 Å². The lowest BCUT2D eigenvalue weighted by molar-refractivity contribution is -0.115. The van der Waals surface area contributed by atoms with Gasteiger partial charge in [-0.05, 0) is 25.8 Å². The van der Waals surface area contributed by atoms with Crippen LogP contribution in [0.25, 0.3) is 11.3 Å². The number of amides is 1. The smallest absolute Gasteiger partial charge is 0.227 e. The van der Waals surface area contributed by atoms with Crippen LogP contribution < -0.4 is 5.32 Å². The first-order chi connectivity index (χ1) is 14.7. The minimum Gasteiger partial charge on any atom is -0.301 e. The first kappa shape index (κ1) is 20.9. The lowest BCUT2D eigenvalue weighted by atomic mass is 9.90.